The predicted molar refractivity (Wildman–Crippen MR) is 108 cm³/mol. The average Bonchev–Trinajstić information content (AvgIpc) is 3.13. The van der Waals surface area contributed by atoms with E-state index in [1.165, 1.54) is 0 Å². The zero-order chi connectivity index (χ0) is 21.0. The standard InChI is InChI=1S/C21H24N4O4/c1-4-14(3)25-20-18(11-23-25)17(8-13(2)24-20)21(28)22-10-15-6-5-7-16(9-15)29-12-19(26)27/h5-9,11,14H,4,10,12H2,1-3H3,(H,22,28)(H,26,27). The number of rotatable bonds is 8. The Morgan fingerprint density at radius 3 is 2.83 bits per heavy atom. The Morgan fingerprint density at radius 2 is 2.10 bits per heavy atom. The molecule has 2 heterocycles. The molecule has 0 aliphatic heterocycles. The summed E-state index contributed by atoms with van der Waals surface area (Å²) in [5.41, 5.74) is 2.78. The Kier molecular flexibility index (Phi) is 6.11. The van der Waals surface area contributed by atoms with Gasteiger partial charge in [0.25, 0.3) is 5.91 Å². The van der Waals surface area contributed by atoms with Gasteiger partial charge in [0.05, 0.1) is 23.2 Å². The Morgan fingerprint density at radius 1 is 1.31 bits per heavy atom. The second kappa shape index (κ2) is 8.72. The summed E-state index contributed by atoms with van der Waals surface area (Å²) < 4.78 is 7.03. The van der Waals surface area contributed by atoms with Gasteiger partial charge < -0.3 is 15.2 Å². The number of carboxylic acid groups (broad SMARTS) is 1. The first kappa shape index (κ1) is 20.3. The fraction of sp³-hybridized carbons (Fsp3) is 0.333. The molecule has 0 saturated carbocycles. The van der Waals surface area contributed by atoms with Gasteiger partial charge in [-0.25, -0.2) is 14.5 Å². The lowest BCUT2D eigenvalue weighted by atomic mass is 10.1. The van der Waals surface area contributed by atoms with E-state index in [1.54, 1.807) is 30.5 Å². The van der Waals surface area contributed by atoms with Gasteiger partial charge in [-0.05, 0) is 44.0 Å². The van der Waals surface area contributed by atoms with Crippen molar-refractivity contribution in [2.45, 2.75) is 39.8 Å². The second-order valence-corrected chi connectivity index (χ2v) is 6.91. The molecule has 0 fully saturated rings. The first-order chi connectivity index (χ1) is 13.9. The lowest BCUT2D eigenvalue weighted by Crippen LogP contribution is -2.23. The van der Waals surface area contributed by atoms with Crippen LogP contribution in [-0.2, 0) is 11.3 Å². The number of carboxylic acids is 1. The third-order valence-corrected chi connectivity index (χ3v) is 4.66. The number of ether oxygens (including phenoxy) is 1. The van der Waals surface area contributed by atoms with Crippen molar-refractivity contribution in [3.8, 4) is 5.75 Å². The number of nitrogens with one attached hydrogen (secondary N) is 1. The molecule has 1 atom stereocenters. The summed E-state index contributed by atoms with van der Waals surface area (Å²) in [6.45, 7) is 5.87. The first-order valence-corrected chi connectivity index (χ1v) is 9.45. The summed E-state index contributed by atoms with van der Waals surface area (Å²) in [6, 6.07) is 8.91. The van der Waals surface area contributed by atoms with Crippen LogP contribution in [0.1, 0.15) is 47.9 Å². The molecule has 152 valence electrons. The fourth-order valence-corrected chi connectivity index (χ4v) is 2.99. The molecule has 29 heavy (non-hydrogen) atoms. The molecule has 0 spiro atoms. The number of pyridine rings is 1. The second-order valence-electron chi connectivity index (χ2n) is 6.91. The molecule has 0 aliphatic carbocycles. The summed E-state index contributed by atoms with van der Waals surface area (Å²) in [4.78, 5) is 28.0. The number of carbonyl (C=O) groups excluding carboxylic acids is 1. The highest BCUT2D eigenvalue weighted by molar-refractivity contribution is 6.05. The lowest BCUT2D eigenvalue weighted by molar-refractivity contribution is -0.139. The van der Waals surface area contributed by atoms with E-state index in [4.69, 9.17) is 9.84 Å². The van der Waals surface area contributed by atoms with Gasteiger partial charge >= 0.3 is 5.97 Å². The maximum Gasteiger partial charge on any atom is 0.341 e. The van der Waals surface area contributed by atoms with Gasteiger partial charge in [-0.2, -0.15) is 5.10 Å². The molecule has 0 bridgehead atoms. The van der Waals surface area contributed by atoms with Crippen LogP contribution in [-0.4, -0.2) is 38.4 Å². The first-order valence-electron chi connectivity index (χ1n) is 9.45. The van der Waals surface area contributed by atoms with Crippen molar-refractivity contribution < 1.29 is 19.4 Å². The van der Waals surface area contributed by atoms with Crippen molar-refractivity contribution in [2.24, 2.45) is 0 Å². The number of amides is 1. The topological polar surface area (TPSA) is 106 Å². The Balaban J connectivity index is 1.78. The molecular weight excluding hydrogens is 372 g/mol. The number of hydrogen-bond acceptors (Lipinski definition) is 5. The van der Waals surface area contributed by atoms with Crippen molar-refractivity contribution in [3.63, 3.8) is 0 Å². The van der Waals surface area contributed by atoms with E-state index in [-0.39, 0.29) is 18.5 Å². The fourth-order valence-electron chi connectivity index (χ4n) is 2.99. The normalized spacial score (nSPS) is 12.0. The third-order valence-electron chi connectivity index (χ3n) is 4.66. The number of nitrogens with zero attached hydrogens (tertiary/aromatic N) is 3. The van der Waals surface area contributed by atoms with Crippen molar-refractivity contribution in [1.29, 1.82) is 0 Å². The van der Waals surface area contributed by atoms with Gasteiger partial charge in [0.1, 0.15) is 5.75 Å². The molecule has 8 nitrogen and oxygen atoms in total. The summed E-state index contributed by atoms with van der Waals surface area (Å²) in [7, 11) is 0. The van der Waals surface area contributed by atoms with E-state index in [1.807, 2.05) is 17.7 Å². The van der Waals surface area contributed by atoms with Crippen molar-refractivity contribution >= 4 is 22.9 Å². The number of fused-ring (bicyclic) bond motifs is 1. The summed E-state index contributed by atoms with van der Waals surface area (Å²) in [5, 5.41) is 16.8. The molecule has 1 aromatic carbocycles. The number of hydrogen-bond donors (Lipinski definition) is 2. The molecule has 0 aliphatic rings. The number of aromatic nitrogens is 3. The highest BCUT2D eigenvalue weighted by Gasteiger charge is 2.17. The van der Waals surface area contributed by atoms with Crippen molar-refractivity contribution in [1.82, 2.24) is 20.1 Å². The maximum atomic E-state index is 12.8. The summed E-state index contributed by atoms with van der Waals surface area (Å²) in [6.07, 6.45) is 2.59. The summed E-state index contributed by atoms with van der Waals surface area (Å²) in [5.74, 6) is -0.823. The minimum absolute atomic E-state index is 0.186. The third kappa shape index (κ3) is 4.71. The predicted octanol–water partition coefficient (Wildman–Crippen LogP) is 3.10. The lowest BCUT2D eigenvalue weighted by Gasteiger charge is -2.12. The van der Waals surface area contributed by atoms with E-state index in [9.17, 15) is 9.59 Å². The monoisotopic (exact) mass is 396 g/mol. The van der Waals surface area contributed by atoms with Crippen LogP contribution in [0.25, 0.3) is 11.0 Å². The zero-order valence-electron chi connectivity index (χ0n) is 16.7. The number of aliphatic carboxylic acids is 1. The molecule has 2 N–H and O–H groups in total. The Bertz CT molecular complexity index is 1040. The zero-order valence-corrected chi connectivity index (χ0v) is 16.7. The van der Waals surface area contributed by atoms with Gasteiger partial charge in [0, 0.05) is 12.2 Å². The van der Waals surface area contributed by atoms with Crippen LogP contribution in [0.3, 0.4) is 0 Å². The molecule has 1 unspecified atom stereocenters. The molecule has 8 heteroatoms. The van der Waals surface area contributed by atoms with Crippen LogP contribution in [0, 0.1) is 6.92 Å². The minimum atomic E-state index is -1.04. The van der Waals surface area contributed by atoms with E-state index in [0.717, 1.165) is 17.7 Å². The molecule has 0 saturated heterocycles. The molecular formula is C21H24N4O4. The van der Waals surface area contributed by atoms with Crippen LogP contribution < -0.4 is 10.1 Å². The molecule has 2 aromatic heterocycles. The van der Waals surface area contributed by atoms with Gasteiger partial charge in [-0.15, -0.1) is 0 Å². The van der Waals surface area contributed by atoms with Crippen molar-refractivity contribution in [2.75, 3.05) is 6.61 Å². The van der Waals surface area contributed by atoms with Gasteiger partial charge in [-0.1, -0.05) is 19.1 Å². The van der Waals surface area contributed by atoms with Gasteiger partial charge in [0.2, 0.25) is 0 Å². The largest absolute Gasteiger partial charge is 0.482 e. The van der Waals surface area contributed by atoms with Crippen LogP contribution in [0.4, 0.5) is 0 Å². The van der Waals surface area contributed by atoms with E-state index >= 15 is 0 Å². The average molecular weight is 396 g/mol. The van der Waals surface area contributed by atoms with E-state index in [2.05, 4.69) is 29.2 Å². The van der Waals surface area contributed by atoms with Gasteiger partial charge in [-0.3, -0.25) is 4.79 Å². The molecule has 3 rings (SSSR count). The molecule has 3 aromatic rings. The Labute approximate surface area is 168 Å². The van der Waals surface area contributed by atoms with Crippen LogP contribution in [0.15, 0.2) is 36.5 Å². The Hall–Kier alpha value is -3.42. The maximum absolute atomic E-state index is 12.8. The minimum Gasteiger partial charge on any atom is -0.482 e. The van der Waals surface area contributed by atoms with Gasteiger partial charge in [0.15, 0.2) is 12.3 Å². The quantitative estimate of drug-likeness (QED) is 0.606. The highest BCUT2D eigenvalue weighted by Crippen LogP contribution is 2.22. The van der Waals surface area contributed by atoms with Crippen LogP contribution in [0.5, 0.6) is 5.75 Å². The highest BCUT2D eigenvalue weighted by atomic mass is 16.5. The molecule has 1 amide bonds. The van der Waals surface area contributed by atoms with Crippen molar-refractivity contribution in [3.05, 3.63) is 53.3 Å². The number of aryl methyl sites for hydroxylation is 1. The van der Waals surface area contributed by atoms with Crippen LogP contribution in [0.2, 0.25) is 0 Å². The molecule has 0 radical (unpaired) electrons. The van der Waals surface area contributed by atoms with E-state index in [0.29, 0.717) is 22.3 Å². The number of benzene rings is 1. The van der Waals surface area contributed by atoms with Crippen LogP contribution >= 0.6 is 0 Å². The smallest absolute Gasteiger partial charge is 0.341 e. The SMILES string of the molecule is CCC(C)n1ncc2c(C(=O)NCc3cccc(OCC(=O)O)c3)cc(C)nc21. The summed E-state index contributed by atoms with van der Waals surface area (Å²) >= 11 is 0. The number of carbonyl (C=O) groups is 2. The van der Waals surface area contributed by atoms with E-state index < -0.39 is 12.6 Å².